The summed E-state index contributed by atoms with van der Waals surface area (Å²) in [5.41, 5.74) is 0.0299. The lowest BCUT2D eigenvalue weighted by atomic mass is 10.1. The van der Waals surface area contributed by atoms with Gasteiger partial charge in [-0.15, -0.1) is 0 Å². The van der Waals surface area contributed by atoms with Crippen molar-refractivity contribution < 1.29 is 19.3 Å². The van der Waals surface area contributed by atoms with Crippen LogP contribution in [0.1, 0.15) is 31.4 Å². The number of hydrogen-bond acceptors (Lipinski definition) is 6. The second-order valence-electron chi connectivity index (χ2n) is 6.68. The maximum atomic E-state index is 13.2. The van der Waals surface area contributed by atoms with E-state index in [4.69, 9.17) is 9.84 Å². The lowest BCUT2D eigenvalue weighted by molar-refractivity contribution is 0.266. The molecule has 0 atom stereocenters. The number of rotatable bonds is 10. The van der Waals surface area contributed by atoms with Crippen LogP contribution in [0.25, 0.3) is 0 Å². The van der Waals surface area contributed by atoms with Gasteiger partial charge in [0.2, 0.25) is 0 Å². The van der Waals surface area contributed by atoms with E-state index in [1.165, 1.54) is 16.7 Å². The Hall–Kier alpha value is -2.78. The first-order chi connectivity index (χ1) is 14.4. The maximum Gasteiger partial charge on any atom is 0.332 e. The summed E-state index contributed by atoms with van der Waals surface area (Å²) in [5.74, 6) is 0.0886. The van der Waals surface area contributed by atoms with Gasteiger partial charge in [-0.2, -0.15) is 4.99 Å². The summed E-state index contributed by atoms with van der Waals surface area (Å²) >= 11 is 0. The number of halogens is 1. The van der Waals surface area contributed by atoms with Gasteiger partial charge in [0.15, 0.2) is 5.90 Å². The summed E-state index contributed by atoms with van der Waals surface area (Å²) in [6, 6.07) is 5.97. The fourth-order valence-corrected chi connectivity index (χ4v) is 3.13. The molecule has 0 amide bonds. The second kappa shape index (κ2) is 11.4. The Morgan fingerprint density at radius 1 is 1.07 bits per heavy atom. The zero-order valence-corrected chi connectivity index (χ0v) is 17.3. The van der Waals surface area contributed by atoms with Gasteiger partial charge >= 0.3 is 5.69 Å². The Labute approximate surface area is 173 Å². The monoisotopic (exact) mass is 421 g/mol. The highest BCUT2D eigenvalue weighted by atomic mass is 19.1. The van der Waals surface area contributed by atoms with Gasteiger partial charge in [-0.3, -0.25) is 13.9 Å². The Balaban J connectivity index is 2.62. The standard InChI is InChI=1S/C21H28FN3O5/c1-3-30-15(2)23-19-18(10-7-16-5-8-17(22)9-6-16)20(28)25(11-4-13-26)21(29)24(19)12-14-27/h5-6,8-9,26-27H,3-4,7,10-14H2,1-2H3/b23-15+. The highest BCUT2D eigenvalue weighted by Crippen LogP contribution is 2.18. The second-order valence-corrected chi connectivity index (χ2v) is 6.68. The number of aliphatic imine (C=N–C) groups is 1. The molecule has 0 spiro atoms. The largest absolute Gasteiger partial charge is 0.481 e. The molecule has 2 N–H and O–H groups in total. The minimum atomic E-state index is -0.601. The number of aryl methyl sites for hydroxylation is 1. The van der Waals surface area contributed by atoms with Crippen molar-refractivity contribution >= 4 is 11.7 Å². The quantitative estimate of drug-likeness (QED) is 0.446. The van der Waals surface area contributed by atoms with E-state index < -0.39 is 11.2 Å². The third kappa shape index (κ3) is 5.87. The molecule has 0 aliphatic rings. The van der Waals surface area contributed by atoms with Crippen molar-refractivity contribution in [3.05, 3.63) is 62.0 Å². The number of hydrogen-bond donors (Lipinski definition) is 2. The molecule has 30 heavy (non-hydrogen) atoms. The van der Waals surface area contributed by atoms with E-state index in [0.717, 1.165) is 10.1 Å². The van der Waals surface area contributed by atoms with Gasteiger partial charge in [-0.25, -0.2) is 9.18 Å². The normalized spacial score (nSPS) is 11.7. The van der Waals surface area contributed by atoms with Crippen molar-refractivity contribution in [1.82, 2.24) is 9.13 Å². The Morgan fingerprint density at radius 3 is 2.37 bits per heavy atom. The molecule has 0 bridgehead atoms. The van der Waals surface area contributed by atoms with Crippen molar-refractivity contribution in [2.24, 2.45) is 4.99 Å². The first kappa shape index (κ1) is 23.5. The van der Waals surface area contributed by atoms with Crippen LogP contribution in [0, 0.1) is 5.82 Å². The number of aromatic nitrogens is 2. The first-order valence-corrected chi connectivity index (χ1v) is 9.93. The molecule has 0 aliphatic carbocycles. The van der Waals surface area contributed by atoms with E-state index in [2.05, 4.69) is 4.99 Å². The molecule has 9 heteroatoms. The summed E-state index contributed by atoms with van der Waals surface area (Å²) in [6.07, 6.45) is 0.933. The fourth-order valence-electron chi connectivity index (χ4n) is 3.13. The average Bonchev–Trinajstić information content (AvgIpc) is 2.72. The smallest absolute Gasteiger partial charge is 0.332 e. The molecule has 8 nitrogen and oxygen atoms in total. The van der Waals surface area contributed by atoms with Crippen LogP contribution in [0.15, 0.2) is 38.8 Å². The average molecular weight is 421 g/mol. The third-order valence-corrected chi connectivity index (χ3v) is 4.55. The third-order valence-electron chi connectivity index (χ3n) is 4.55. The number of benzene rings is 1. The summed E-state index contributed by atoms with van der Waals surface area (Å²) in [7, 11) is 0. The molecule has 1 heterocycles. The topological polar surface area (TPSA) is 106 Å². The number of aliphatic hydroxyl groups is 2. The van der Waals surface area contributed by atoms with Gasteiger partial charge in [0.05, 0.1) is 25.3 Å². The zero-order valence-electron chi connectivity index (χ0n) is 17.3. The zero-order chi connectivity index (χ0) is 22.1. The maximum absolute atomic E-state index is 13.2. The molecular weight excluding hydrogens is 393 g/mol. The summed E-state index contributed by atoms with van der Waals surface area (Å²) in [4.78, 5) is 30.4. The SMILES string of the molecule is CCO/C(C)=N/c1c(CCc2ccc(F)cc2)c(=O)n(CCCO)c(=O)n1CCO. The minimum Gasteiger partial charge on any atom is -0.481 e. The van der Waals surface area contributed by atoms with E-state index >= 15 is 0 Å². The molecule has 1 aromatic carbocycles. The van der Waals surface area contributed by atoms with E-state index in [9.17, 15) is 19.1 Å². The molecule has 0 radical (unpaired) electrons. The van der Waals surface area contributed by atoms with E-state index in [1.807, 2.05) is 0 Å². The summed E-state index contributed by atoms with van der Waals surface area (Å²) < 4.78 is 20.9. The molecule has 0 saturated heterocycles. The number of aliphatic hydroxyl groups excluding tert-OH is 2. The van der Waals surface area contributed by atoms with Crippen LogP contribution >= 0.6 is 0 Å². The van der Waals surface area contributed by atoms with E-state index in [0.29, 0.717) is 24.5 Å². The lowest BCUT2D eigenvalue weighted by Gasteiger charge is -2.17. The van der Waals surface area contributed by atoms with Crippen LogP contribution in [0.4, 0.5) is 10.2 Å². The molecule has 0 saturated carbocycles. The molecule has 0 unspecified atom stereocenters. The Morgan fingerprint density at radius 2 is 1.77 bits per heavy atom. The number of ether oxygens (including phenoxy) is 1. The van der Waals surface area contributed by atoms with Gasteiger partial charge in [-0.1, -0.05) is 12.1 Å². The Bertz CT molecular complexity index is 980. The molecular formula is C21H28FN3O5. The molecule has 1 aromatic heterocycles. The van der Waals surface area contributed by atoms with Crippen molar-refractivity contribution in [2.45, 2.75) is 46.2 Å². The van der Waals surface area contributed by atoms with Gasteiger partial charge in [-0.05, 0) is 43.9 Å². The van der Waals surface area contributed by atoms with Crippen LogP contribution in [0.2, 0.25) is 0 Å². The van der Waals surface area contributed by atoms with Crippen LogP contribution in [-0.2, 0) is 30.7 Å². The summed E-state index contributed by atoms with van der Waals surface area (Å²) in [5, 5.41) is 18.6. The first-order valence-electron chi connectivity index (χ1n) is 9.93. The predicted molar refractivity (Wildman–Crippen MR) is 112 cm³/mol. The van der Waals surface area contributed by atoms with Crippen LogP contribution in [0.3, 0.4) is 0 Å². The summed E-state index contributed by atoms with van der Waals surface area (Å²) in [6.45, 7) is 3.32. The van der Waals surface area contributed by atoms with Crippen molar-refractivity contribution in [3.63, 3.8) is 0 Å². The van der Waals surface area contributed by atoms with E-state index in [-0.39, 0.29) is 50.8 Å². The minimum absolute atomic E-state index is 0.0416. The molecule has 2 rings (SSSR count). The van der Waals surface area contributed by atoms with Crippen molar-refractivity contribution in [3.8, 4) is 0 Å². The molecule has 0 aliphatic heterocycles. The van der Waals surface area contributed by atoms with Crippen LogP contribution < -0.4 is 11.2 Å². The number of nitrogens with zero attached hydrogens (tertiary/aromatic N) is 3. The van der Waals surface area contributed by atoms with Gasteiger partial charge in [0.25, 0.3) is 5.56 Å². The molecule has 0 fully saturated rings. The van der Waals surface area contributed by atoms with Crippen molar-refractivity contribution in [1.29, 1.82) is 0 Å². The highest BCUT2D eigenvalue weighted by Gasteiger charge is 2.19. The van der Waals surface area contributed by atoms with Gasteiger partial charge < -0.3 is 14.9 Å². The predicted octanol–water partition coefficient (Wildman–Crippen LogP) is 1.40. The van der Waals surface area contributed by atoms with Gasteiger partial charge in [0.1, 0.15) is 11.6 Å². The van der Waals surface area contributed by atoms with Gasteiger partial charge in [0, 0.05) is 20.1 Å². The van der Waals surface area contributed by atoms with E-state index in [1.54, 1.807) is 26.0 Å². The lowest BCUT2D eigenvalue weighted by Crippen LogP contribution is -2.42. The van der Waals surface area contributed by atoms with Crippen LogP contribution in [-0.4, -0.2) is 45.1 Å². The fraction of sp³-hybridized carbons (Fsp3) is 0.476. The Kier molecular flexibility index (Phi) is 8.94. The molecule has 2 aromatic rings. The highest BCUT2D eigenvalue weighted by molar-refractivity contribution is 5.76. The molecule has 164 valence electrons. The van der Waals surface area contributed by atoms with Crippen molar-refractivity contribution in [2.75, 3.05) is 19.8 Å². The van der Waals surface area contributed by atoms with Crippen LogP contribution in [0.5, 0.6) is 0 Å².